The van der Waals surface area contributed by atoms with Crippen LogP contribution in [0, 0.1) is 11.6 Å². The van der Waals surface area contributed by atoms with E-state index in [1.54, 1.807) is 18.2 Å². The van der Waals surface area contributed by atoms with Gasteiger partial charge < -0.3 is 5.32 Å². The highest BCUT2D eigenvalue weighted by Gasteiger charge is 2.16. The standard InChI is InChI=1S/C22H13BrF2N2O/c23-14-5-3-4-13(10-14)21-12-17(16-6-1-2-7-19(16)26-21)22(28)27-20-9-8-15(24)11-18(20)25/h1-12H,(H,27,28). The summed E-state index contributed by atoms with van der Waals surface area (Å²) >= 11 is 3.44. The predicted molar refractivity (Wildman–Crippen MR) is 109 cm³/mol. The van der Waals surface area contributed by atoms with Crippen LogP contribution in [0.5, 0.6) is 0 Å². The molecule has 0 fully saturated rings. The summed E-state index contributed by atoms with van der Waals surface area (Å²) in [5.41, 5.74) is 2.36. The van der Waals surface area contributed by atoms with Gasteiger partial charge in [-0.05, 0) is 36.4 Å². The number of hydrogen-bond acceptors (Lipinski definition) is 2. The number of pyridine rings is 1. The first kappa shape index (κ1) is 18.3. The van der Waals surface area contributed by atoms with Crippen molar-refractivity contribution >= 4 is 38.4 Å². The lowest BCUT2D eigenvalue weighted by atomic mass is 10.0. The molecule has 0 unspecified atom stereocenters. The second-order valence-electron chi connectivity index (χ2n) is 6.16. The number of halogens is 3. The molecule has 6 heteroatoms. The summed E-state index contributed by atoms with van der Waals surface area (Å²) in [5, 5.41) is 3.16. The van der Waals surface area contributed by atoms with Crippen LogP contribution in [0.3, 0.4) is 0 Å². The van der Waals surface area contributed by atoms with Crippen molar-refractivity contribution < 1.29 is 13.6 Å². The van der Waals surface area contributed by atoms with E-state index < -0.39 is 17.5 Å². The fourth-order valence-corrected chi connectivity index (χ4v) is 3.34. The molecule has 1 N–H and O–H groups in total. The van der Waals surface area contributed by atoms with Crippen molar-refractivity contribution in [3.8, 4) is 11.3 Å². The van der Waals surface area contributed by atoms with Crippen LogP contribution in [-0.4, -0.2) is 10.9 Å². The lowest BCUT2D eigenvalue weighted by molar-refractivity contribution is 0.102. The van der Waals surface area contributed by atoms with E-state index >= 15 is 0 Å². The second-order valence-corrected chi connectivity index (χ2v) is 7.08. The Morgan fingerprint density at radius 3 is 2.54 bits per heavy atom. The summed E-state index contributed by atoms with van der Waals surface area (Å²) in [7, 11) is 0. The first-order valence-corrected chi connectivity index (χ1v) is 9.23. The molecule has 0 atom stereocenters. The molecule has 3 aromatic carbocycles. The minimum absolute atomic E-state index is 0.0868. The molecule has 3 nitrogen and oxygen atoms in total. The highest BCUT2D eigenvalue weighted by molar-refractivity contribution is 9.10. The maximum atomic E-state index is 14.0. The molecule has 0 aliphatic rings. The van der Waals surface area contributed by atoms with Crippen molar-refractivity contribution in [2.24, 2.45) is 0 Å². The van der Waals surface area contributed by atoms with Gasteiger partial charge in [-0.15, -0.1) is 0 Å². The third kappa shape index (κ3) is 3.64. The number of anilines is 1. The van der Waals surface area contributed by atoms with Gasteiger partial charge in [0, 0.05) is 21.5 Å². The van der Waals surface area contributed by atoms with Crippen molar-refractivity contribution in [3.63, 3.8) is 0 Å². The number of benzene rings is 3. The summed E-state index contributed by atoms with van der Waals surface area (Å²) in [5.74, 6) is -2.04. The van der Waals surface area contributed by atoms with Crippen molar-refractivity contribution in [1.82, 2.24) is 4.98 Å². The molecular weight excluding hydrogens is 426 g/mol. The van der Waals surface area contributed by atoms with Gasteiger partial charge in [0.2, 0.25) is 0 Å². The Hall–Kier alpha value is -3.12. The van der Waals surface area contributed by atoms with Crippen molar-refractivity contribution in [2.75, 3.05) is 5.32 Å². The molecule has 0 spiro atoms. The highest BCUT2D eigenvalue weighted by Crippen LogP contribution is 2.27. The number of carbonyl (C=O) groups is 1. The smallest absolute Gasteiger partial charge is 0.256 e. The molecule has 0 saturated heterocycles. The second kappa shape index (κ2) is 7.48. The Kier molecular flexibility index (Phi) is 4.88. The number of nitrogens with one attached hydrogen (secondary N) is 1. The number of fused-ring (bicyclic) bond motifs is 1. The monoisotopic (exact) mass is 438 g/mol. The third-order valence-electron chi connectivity index (χ3n) is 4.26. The van der Waals surface area contributed by atoms with Crippen LogP contribution >= 0.6 is 15.9 Å². The number of hydrogen-bond donors (Lipinski definition) is 1. The number of carbonyl (C=O) groups excluding carboxylic acids is 1. The van der Waals surface area contributed by atoms with Crippen LogP contribution in [0.2, 0.25) is 0 Å². The number of nitrogens with zero attached hydrogens (tertiary/aromatic N) is 1. The van der Waals surface area contributed by atoms with Gasteiger partial charge in [-0.25, -0.2) is 13.8 Å². The van der Waals surface area contributed by atoms with Crippen LogP contribution in [-0.2, 0) is 0 Å². The van der Waals surface area contributed by atoms with E-state index in [1.807, 2.05) is 36.4 Å². The van der Waals surface area contributed by atoms with Crippen molar-refractivity contribution in [3.05, 3.63) is 94.5 Å². The number of rotatable bonds is 3. The molecule has 28 heavy (non-hydrogen) atoms. The molecule has 0 bridgehead atoms. The first-order valence-electron chi connectivity index (χ1n) is 8.43. The van der Waals surface area contributed by atoms with Crippen LogP contribution in [0.15, 0.2) is 77.3 Å². The fraction of sp³-hybridized carbons (Fsp3) is 0. The van der Waals surface area contributed by atoms with Crippen LogP contribution in [0.25, 0.3) is 22.2 Å². The summed E-state index contributed by atoms with van der Waals surface area (Å²) in [6, 6.07) is 19.5. The highest BCUT2D eigenvalue weighted by atomic mass is 79.9. The normalized spacial score (nSPS) is 10.8. The zero-order valence-electron chi connectivity index (χ0n) is 14.4. The van der Waals surface area contributed by atoms with Gasteiger partial charge >= 0.3 is 0 Å². The summed E-state index contributed by atoms with van der Waals surface area (Å²) < 4.78 is 28.0. The Bertz CT molecular complexity index is 1210. The first-order chi connectivity index (χ1) is 13.5. The average Bonchev–Trinajstić information content (AvgIpc) is 2.69. The Morgan fingerprint density at radius 1 is 0.929 bits per heavy atom. The Labute approximate surface area is 168 Å². The van der Waals surface area contributed by atoms with E-state index in [9.17, 15) is 13.6 Å². The third-order valence-corrected chi connectivity index (χ3v) is 4.75. The largest absolute Gasteiger partial charge is 0.319 e. The number of aromatic nitrogens is 1. The van der Waals surface area contributed by atoms with Gasteiger partial charge in [0.15, 0.2) is 0 Å². The maximum Gasteiger partial charge on any atom is 0.256 e. The van der Waals surface area contributed by atoms with Gasteiger partial charge in [0.25, 0.3) is 5.91 Å². The minimum Gasteiger partial charge on any atom is -0.319 e. The molecule has 0 aliphatic heterocycles. The molecule has 0 saturated carbocycles. The van der Waals surface area contributed by atoms with E-state index in [4.69, 9.17) is 0 Å². The lowest BCUT2D eigenvalue weighted by Gasteiger charge is -2.11. The Morgan fingerprint density at radius 2 is 1.75 bits per heavy atom. The van der Waals surface area contributed by atoms with Gasteiger partial charge in [0.1, 0.15) is 11.6 Å². The van der Waals surface area contributed by atoms with Crippen LogP contribution in [0.4, 0.5) is 14.5 Å². The molecular formula is C22H13BrF2N2O. The topological polar surface area (TPSA) is 42.0 Å². The van der Waals surface area contributed by atoms with Crippen LogP contribution in [0.1, 0.15) is 10.4 Å². The van der Waals surface area contributed by atoms with Gasteiger partial charge in [-0.3, -0.25) is 4.79 Å². The zero-order valence-corrected chi connectivity index (χ0v) is 16.0. The summed E-state index contributed by atoms with van der Waals surface area (Å²) in [6.07, 6.45) is 0. The van der Waals surface area contributed by atoms with E-state index in [1.165, 1.54) is 6.07 Å². The number of para-hydroxylation sites is 1. The predicted octanol–water partition coefficient (Wildman–Crippen LogP) is 6.19. The van der Waals surface area contributed by atoms with E-state index in [0.29, 0.717) is 22.2 Å². The summed E-state index contributed by atoms with van der Waals surface area (Å²) in [4.78, 5) is 17.5. The molecule has 138 valence electrons. The van der Waals surface area contributed by atoms with Crippen molar-refractivity contribution in [1.29, 1.82) is 0 Å². The van der Waals surface area contributed by atoms with Crippen molar-refractivity contribution in [2.45, 2.75) is 0 Å². The average molecular weight is 439 g/mol. The van der Waals surface area contributed by atoms with E-state index in [0.717, 1.165) is 22.2 Å². The molecule has 0 aliphatic carbocycles. The van der Waals surface area contributed by atoms with Gasteiger partial charge in [-0.1, -0.05) is 46.3 Å². The zero-order chi connectivity index (χ0) is 19.7. The lowest BCUT2D eigenvalue weighted by Crippen LogP contribution is -2.14. The van der Waals surface area contributed by atoms with Gasteiger partial charge in [0.05, 0.1) is 22.5 Å². The van der Waals surface area contributed by atoms with Gasteiger partial charge in [-0.2, -0.15) is 0 Å². The molecule has 1 amide bonds. The maximum absolute atomic E-state index is 14.0. The van der Waals surface area contributed by atoms with E-state index in [2.05, 4.69) is 26.2 Å². The van der Waals surface area contributed by atoms with Crippen LogP contribution < -0.4 is 5.32 Å². The van der Waals surface area contributed by atoms with E-state index in [-0.39, 0.29) is 5.69 Å². The molecule has 0 radical (unpaired) electrons. The molecule has 1 heterocycles. The SMILES string of the molecule is O=C(Nc1ccc(F)cc1F)c1cc(-c2cccc(Br)c2)nc2ccccc12. The Balaban J connectivity index is 1.81. The molecule has 4 rings (SSSR count). The fourth-order valence-electron chi connectivity index (χ4n) is 2.94. The molecule has 4 aromatic rings. The molecule has 1 aromatic heterocycles. The summed E-state index contributed by atoms with van der Waals surface area (Å²) in [6.45, 7) is 0. The number of amides is 1. The quantitative estimate of drug-likeness (QED) is 0.413. The minimum atomic E-state index is -0.834.